The molecule has 2 aromatic rings. The molecule has 0 spiro atoms. The van der Waals surface area contributed by atoms with Gasteiger partial charge in [0.25, 0.3) is 0 Å². The molecule has 0 radical (unpaired) electrons. The van der Waals surface area contributed by atoms with E-state index in [0.717, 1.165) is 37.2 Å². The fraction of sp³-hybridized carbons (Fsp3) is 0.400. The average molecular weight is 305 g/mol. The lowest BCUT2D eigenvalue weighted by molar-refractivity contribution is 0.202. The molecule has 0 unspecified atom stereocenters. The number of benzene rings is 1. The summed E-state index contributed by atoms with van der Waals surface area (Å²) in [5, 5.41) is 18.1. The van der Waals surface area contributed by atoms with E-state index in [0.29, 0.717) is 16.9 Å². The van der Waals surface area contributed by atoms with Gasteiger partial charge in [-0.25, -0.2) is 4.98 Å². The maximum atomic E-state index is 9.19. The standard InChI is InChI=1S/C15H17ClN4O/c16-13-3-1-12(2-4-13)14-9-17-19-15(18-14)20-7-5-11(10-21)6-8-20/h1-4,9,11,21H,5-8,10H2. The highest BCUT2D eigenvalue weighted by Gasteiger charge is 2.20. The number of piperidine rings is 1. The van der Waals surface area contributed by atoms with Crippen LogP contribution in [0.4, 0.5) is 5.95 Å². The molecule has 110 valence electrons. The van der Waals surface area contributed by atoms with Crippen LogP contribution >= 0.6 is 11.6 Å². The Morgan fingerprint density at radius 3 is 2.57 bits per heavy atom. The van der Waals surface area contributed by atoms with E-state index in [-0.39, 0.29) is 6.61 Å². The summed E-state index contributed by atoms with van der Waals surface area (Å²) in [5.41, 5.74) is 1.77. The summed E-state index contributed by atoms with van der Waals surface area (Å²) in [4.78, 5) is 6.72. The largest absolute Gasteiger partial charge is 0.396 e. The van der Waals surface area contributed by atoms with Gasteiger partial charge in [-0.2, -0.15) is 5.10 Å². The zero-order valence-corrected chi connectivity index (χ0v) is 12.4. The van der Waals surface area contributed by atoms with Gasteiger partial charge in [-0.1, -0.05) is 23.7 Å². The maximum Gasteiger partial charge on any atom is 0.245 e. The van der Waals surface area contributed by atoms with Gasteiger partial charge in [-0.15, -0.1) is 5.10 Å². The van der Waals surface area contributed by atoms with Crippen LogP contribution in [0.5, 0.6) is 0 Å². The molecule has 1 fully saturated rings. The van der Waals surface area contributed by atoms with Gasteiger partial charge in [-0.05, 0) is 30.9 Å². The molecule has 1 aromatic carbocycles. The van der Waals surface area contributed by atoms with Crippen molar-refractivity contribution in [3.05, 3.63) is 35.5 Å². The number of aromatic nitrogens is 3. The molecule has 1 saturated heterocycles. The third-order valence-electron chi connectivity index (χ3n) is 3.84. The van der Waals surface area contributed by atoms with Gasteiger partial charge in [0.2, 0.25) is 5.95 Å². The Bertz CT molecular complexity index is 597. The lowest BCUT2D eigenvalue weighted by Gasteiger charge is -2.30. The molecule has 1 aliphatic heterocycles. The zero-order chi connectivity index (χ0) is 14.7. The molecule has 0 aliphatic carbocycles. The lowest BCUT2D eigenvalue weighted by atomic mass is 9.98. The third-order valence-corrected chi connectivity index (χ3v) is 4.10. The molecule has 0 bridgehead atoms. The monoisotopic (exact) mass is 304 g/mol. The molecular weight excluding hydrogens is 288 g/mol. The second kappa shape index (κ2) is 6.37. The van der Waals surface area contributed by atoms with Crippen molar-refractivity contribution >= 4 is 17.5 Å². The van der Waals surface area contributed by atoms with Crippen LogP contribution in [0.1, 0.15) is 12.8 Å². The Kier molecular flexibility index (Phi) is 4.31. The summed E-state index contributed by atoms with van der Waals surface area (Å²) < 4.78 is 0. The van der Waals surface area contributed by atoms with Gasteiger partial charge in [0, 0.05) is 30.3 Å². The second-order valence-corrected chi connectivity index (χ2v) is 5.70. The molecule has 0 atom stereocenters. The van der Waals surface area contributed by atoms with E-state index in [1.54, 1.807) is 6.20 Å². The number of hydrogen-bond acceptors (Lipinski definition) is 5. The normalized spacial score (nSPS) is 16.2. The minimum atomic E-state index is 0.262. The average Bonchev–Trinajstić information content (AvgIpc) is 2.56. The van der Waals surface area contributed by atoms with Crippen LogP contribution in [0.3, 0.4) is 0 Å². The number of anilines is 1. The highest BCUT2D eigenvalue weighted by molar-refractivity contribution is 6.30. The second-order valence-electron chi connectivity index (χ2n) is 5.26. The minimum absolute atomic E-state index is 0.262. The van der Waals surface area contributed by atoms with Gasteiger partial charge in [-0.3, -0.25) is 0 Å². The van der Waals surface area contributed by atoms with Gasteiger partial charge < -0.3 is 10.0 Å². The quantitative estimate of drug-likeness (QED) is 0.943. The fourth-order valence-electron chi connectivity index (χ4n) is 2.50. The van der Waals surface area contributed by atoms with Crippen molar-refractivity contribution in [2.75, 3.05) is 24.6 Å². The highest BCUT2D eigenvalue weighted by Crippen LogP contribution is 2.23. The topological polar surface area (TPSA) is 62.1 Å². The lowest BCUT2D eigenvalue weighted by Crippen LogP contribution is -2.36. The molecule has 1 N–H and O–H groups in total. The molecule has 1 aromatic heterocycles. The number of halogens is 1. The van der Waals surface area contributed by atoms with Gasteiger partial charge in [0.1, 0.15) is 0 Å². The van der Waals surface area contributed by atoms with E-state index >= 15 is 0 Å². The first-order chi connectivity index (χ1) is 10.3. The Morgan fingerprint density at radius 1 is 1.19 bits per heavy atom. The van der Waals surface area contributed by atoms with E-state index in [9.17, 15) is 5.11 Å². The Hall–Kier alpha value is -1.72. The predicted molar refractivity (Wildman–Crippen MR) is 82.3 cm³/mol. The van der Waals surface area contributed by atoms with Crippen molar-refractivity contribution in [3.8, 4) is 11.3 Å². The van der Waals surface area contributed by atoms with Crippen LogP contribution in [0.15, 0.2) is 30.5 Å². The molecule has 2 heterocycles. The summed E-state index contributed by atoms with van der Waals surface area (Å²) in [7, 11) is 0. The Labute approximate surface area is 128 Å². The molecule has 21 heavy (non-hydrogen) atoms. The molecule has 0 saturated carbocycles. The Morgan fingerprint density at radius 2 is 1.90 bits per heavy atom. The summed E-state index contributed by atoms with van der Waals surface area (Å²) in [6, 6.07) is 7.53. The van der Waals surface area contributed by atoms with E-state index < -0.39 is 0 Å². The molecule has 1 aliphatic rings. The summed E-state index contributed by atoms with van der Waals surface area (Å²) in [6.07, 6.45) is 3.59. The van der Waals surface area contributed by atoms with Crippen LogP contribution in [-0.2, 0) is 0 Å². The van der Waals surface area contributed by atoms with E-state index in [1.165, 1.54) is 0 Å². The van der Waals surface area contributed by atoms with Crippen LogP contribution in [0.25, 0.3) is 11.3 Å². The summed E-state index contributed by atoms with van der Waals surface area (Å²) in [5.74, 6) is 1.05. The third kappa shape index (κ3) is 3.31. The summed E-state index contributed by atoms with van der Waals surface area (Å²) in [6.45, 7) is 1.98. The fourth-order valence-corrected chi connectivity index (χ4v) is 2.63. The van der Waals surface area contributed by atoms with Crippen molar-refractivity contribution in [1.82, 2.24) is 15.2 Å². The van der Waals surface area contributed by atoms with Crippen molar-refractivity contribution in [3.63, 3.8) is 0 Å². The van der Waals surface area contributed by atoms with E-state index in [4.69, 9.17) is 11.6 Å². The van der Waals surface area contributed by atoms with Gasteiger partial charge in [0.15, 0.2) is 0 Å². The highest BCUT2D eigenvalue weighted by atomic mass is 35.5. The van der Waals surface area contributed by atoms with Crippen molar-refractivity contribution in [2.24, 2.45) is 5.92 Å². The first-order valence-corrected chi connectivity index (χ1v) is 7.45. The first-order valence-electron chi connectivity index (χ1n) is 7.08. The molecule has 6 heteroatoms. The number of aliphatic hydroxyl groups is 1. The number of rotatable bonds is 3. The van der Waals surface area contributed by atoms with E-state index in [2.05, 4.69) is 20.1 Å². The summed E-state index contributed by atoms with van der Waals surface area (Å²) >= 11 is 5.90. The van der Waals surface area contributed by atoms with Crippen molar-refractivity contribution < 1.29 is 5.11 Å². The van der Waals surface area contributed by atoms with E-state index in [1.807, 2.05) is 24.3 Å². The zero-order valence-electron chi connectivity index (χ0n) is 11.6. The van der Waals surface area contributed by atoms with Crippen molar-refractivity contribution in [2.45, 2.75) is 12.8 Å². The van der Waals surface area contributed by atoms with Gasteiger partial charge >= 0.3 is 0 Å². The number of aliphatic hydroxyl groups excluding tert-OH is 1. The number of nitrogens with zero attached hydrogens (tertiary/aromatic N) is 4. The van der Waals surface area contributed by atoms with Gasteiger partial charge in [0.05, 0.1) is 11.9 Å². The van der Waals surface area contributed by atoms with Crippen LogP contribution < -0.4 is 4.90 Å². The van der Waals surface area contributed by atoms with Crippen LogP contribution in [0.2, 0.25) is 5.02 Å². The van der Waals surface area contributed by atoms with Crippen LogP contribution in [0, 0.1) is 5.92 Å². The first kappa shape index (κ1) is 14.2. The maximum absolute atomic E-state index is 9.19. The van der Waals surface area contributed by atoms with Crippen molar-refractivity contribution in [1.29, 1.82) is 0 Å². The minimum Gasteiger partial charge on any atom is -0.396 e. The molecular formula is C15H17ClN4O. The smallest absolute Gasteiger partial charge is 0.245 e. The number of hydrogen-bond donors (Lipinski definition) is 1. The van der Waals surface area contributed by atoms with Crippen LogP contribution in [-0.4, -0.2) is 40.0 Å². The molecule has 0 amide bonds. The predicted octanol–water partition coefficient (Wildman–Crippen LogP) is 2.40. The Balaban J connectivity index is 1.79. The SMILES string of the molecule is OCC1CCN(c2nncc(-c3ccc(Cl)cc3)n2)CC1. The molecule has 5 nitrogen and oxygen atoms in total. The molecule has 3 rings (SSSR count).